The van der Waals surface area contributed by atoms with Gasteiger partial charge < -0.3 is 14.7 Å². The summed E-state index contributed by atoms with van der Waals surface area (Å²) in [5.41, 5.74) is 2.33. The molecular weight excluding hydrogens is 422 g/mol. The minimum Gasteiger partial charge on any atom is -0.395 e. The molecule has 5 heterocycles. The number of aromatic nitrogens is 5. The van der Waals surface area contributed by atoms with Crippen LogP contribution in [0.2, 0.25) is 0 Å². The van der Waals surface area contributed by atoms with E-state index in [0.717, 1.165) is 22.5 Å². The van der Waals surface area contributed by atoms with Gasteiger partial charge in [0.25, 0.3) is 0 Å². The number of anilines is 1. The maximum Gasteiger partial charge on any atom is 0.216 e. The lowest BCUT2D eigenvalue weighted by Crippen LogP contribution is -2.44. The van der Waals surface area contributed by atoms with Crippen LogP contribution in [0, 0.1) is 0 Å². The summed E-state index contributed by atoms with van der Waals surface area (Å²) in [7, 11) is -3.57. The van der Waals surface area contributed by atoms with Gasteiger partial charge in [0.15, 0.2) is 11.5 Å². The summed E-state index contributed by atoms with van der Waals surface area (Å²) in [5.74, 6) is 1.18. The van der Waals surface area contributed by atoms with Crippen LogP contribution in [-0.4, -0.2) is 87.5 Å². The van der Waals surface area contributed by atoms with Crippen molar-refractivity contribution in [3.8, 4) is 5.82 Å². The van der Waals surface area contributed by atoms with Gasteiger partial charge in [0.1, 0.15) is 5.82 Å². The predicted molar refractivity (Wildman–Crippen MR) is 114 cm³/mol. The zero-order valence-corrected chi connectivity index (χ0v) is 18.0. The highest BCUT2D eigenvalue weighted by atomic mass is 32.2. The number of aliphatic hydroxyl groups is 1. The Balaban J connectivity index is 1.68. The summed E-state index contributed by atoms with van der Waals surface area (Å²) in [4.78, 5) is 7.13. The van der Waals surface area contributed by atoms with Crippen molar-refractivity contribution >= 4 is 26.9 Å². The second-order valence-corrected chi connectivity index (χ2v) is 9.97. The molecule has 3 aromatic rings. The highest BCUT2D eigenvalue weighted by Crippen LogP contribution is 2.32. The first kappa shape index (κ1) is 20.4. The lowest BCUT2D eigenvalue weighted by Gasteiger charge is -2.34. The SMILES string of the molecule is C[C@@H]1COCCN1c1cc2c3c(nn(-c4ccn[nH]4)c3n1)CCN(S(=O)(=O)CCO)C2. The van der Waals surface area contributed by atoms with Crippen LogP contribution in [-0.2, 0) is 27.7 Å². The van der Waals surface area contributed by atoms with Crippen LogP contribution in [0.5, 0.6) is 0 Å². The predicted octanol–water partition coefficient (Wildman–Crippen LogP) is 0.0489. The average molecular weight is 448 g/mol. The number of rotatable bonds is 5. The van der Waals surface area contributed by atoms with Crippen LogP contribution in [0.1, 0.15) is 18.2 Å². The molecule has 1 saturated heterocycles. The van der Waals surface area contributed by atoms with E-state index < -0.39 is 16.6 Å². The van der Waals surface area contributed by atoms with Crippen LogP contribution < -0.4 is 4.90 Å². The summed E-state index contributed by atoms with van der Waals surface area (Å²) in [6.07, 6.45) is 2.12. The molecule has 0 amide bonds. The number of sulfonamides is 1. The quantitative estimate of drug-likeness (QED) is 0.561. The van der Waals surface area contributed by atoms with Crippen LogP contribution in [0.15, 0.2) is 18.3 Å². The van der Waals surface area contributed by atoms with E-state index in [1.807, 2.05) is 12.1 Å². The van der Waals surface area contributed by atoms with Crippen molar-refractivity contribution in [3.05, 3.63) is 29.6 Å². The molecule has 3 aromatic heterocycles. The number of H-pyrrole nitrogens is 1. The van der Waals surface area contributed by atoms with E-state index in [4.69, 9.17) is 14.8 Å². The van der Waals surface area contributed by atoms with Gasteiger partial charge in [-0.3, -0.25) is 5.10 Å². The monoisotopic (exact) mass is 447 g/mol. The van der Waals surface area contributed by atoms with Gasteiger partial charge in [0, 0.05) is 37.5 Å². The number of hydrogen-bond donors (Lipinski definition) is 2. The summed E-state index contributed by atoms with van der Waals surface area (Å²) in [6, 6.07) is 3.94. The third kappa shape index (κ3) is 3.59. The largest absolute Gasteiger partial charge is 0.395 e. The highest BCUT2D eigenvalue weighted by Gasteiger charge is 2.30. The molecule has 0 bridgehead atoms. The van der Waals surface area contributed by atoms with Gasteiger partial charge in [-0.05, 0) is 18.6 Å². The third-order valence-corrected chi connectivity index (χ3v) is 7.64. The molecule has 166 valence electrons. The Hall–Kier alpha value is -2.54. The topological polar surface area (TPSA) is 129 Å². The summed E-state index contributed by atoms with van der Waals surface area (Å²) >= 11 is 0. The first-order chi connectivity index (χ1) is 15.0. The molecule has 5 rings (SSSR count). The Kier molecular flexibility index (Phi) is 5.16. The van der Waals surface area contributed by atoms with E-state index in [2.05, 4.69) is 22.0 Å². The maximum absolute atomic E-state index is 12.7. The summed E-state index contributed by atoms with van der Waals surface area (Å²) < 4.78 is 34.2. The molecule has 0 radical (unpaired) electrons. The fourth-order valence-corrected chi connectivity index (χ4v) is 5.48. The van der Waals surface area contributed by atoms with Crippen LogP contribution in [0.4, 0.5) is 5.82 Å². The first-order valence-corrected chi connectivity index (χ1v) is 11.9. The Labute approximate surface area is 179 Å². The van der Waals surface area contributed by atoms with Crippen molar-refractivity contribution in [1.82, 2.24) is 29.3 Å². The van der Waals surface area contributed by atoms with Crippen molar-refractivity contribution in [3.63, 3.8) is 0 Å². The second kappa shape index (κ2) is 7.86. The van der Waals surface area contributed by atoms with Crippen LogP contribution in [0.25, 0.3) is 16.9 Å². The summed E-state index contributed by atoms with van der Waals surface area (Å²) in [6.45, 7) is 4.12. The van der Waals surface area contributed by atoms with E-state index in [0.29, 0.717) is 44.2 Å². The molecule has 0 spiro atoms. The number of pyridine rings is 1. The average Bonchev–Trinajstić information content (AvgIpc) is 3.34. The van der Waals surface area contributed by atoms with Gasteiger partial charge in [-0.15, -0.1) is 0 Å². The number of nitrogens with zero attached hydrogens (tertiary/aromatic N) is 6. The number of hydrogen-bond acceptors (Lipinski definition) is 8. The van der Waals surface area contributed by atoms with Gasteiger partial charge >= 0.3 is 0 Å². The van der Waals surface area contributed by atoms with Gasteiger partial charge in [-0.25, -0.2) is 13.4 Å². The van der Waals surface area contributed by atoms with E-state index in [1.54, 1.807) is 10.9 Å². The molecule has 11 nitrogen and oxygen atoms in total. The molecule has 2 aliphatic rings. The van der Waals surface area contributed by atoms with Gasteiger partial charge in [0.2, 0.25) is 10.0 Å². The van der Waals surface area contributed by atoms with Crippen molar-refractivity contribution in [2.45, 2.75) is 25.9 Å². The first-order valence-electron chi connectivity index (χ1n) is 10.3. The van der Waals surface area contributed by atoms with E-state index >= 15 is 0 Å². The minimum absolute atomic E-state index is 0.147. The third-order valence-electron chi connectivity index (χ3n) is 5.84. The van der Waals surface area contributed by atoms with Gasteiger partial charge in [-0.2, -0.15) is 19.2 Å². The van der Waals surface area contributed by atoms with Crippen molar-refractivity contribution in [2.75, 3.05) is 43.6 Å². The standard InChI is InChI=1S/C19H25N7O4S/c1-13-12-30-8-6-25(13)17-10-14-11-24(31(28,29)9-7-27)5-3-15-18(14)19(21-17)26(23-15)16-2-4-20-22-16/h2,4,10,13,27H,3,5-9,11-12H2,1H3,(H,20,22)/t13-/m1/s1. The molecule has 31 heavy (non-hydrogen) atoms. The fourth-order valence-electron chi connectivity index (χ4n) is 4.28. The van der Waals surface area contributed by atoms with E-state index in [-0.39, 0.29) is 18.3 Å². The van der Waals surface area contributed by atoms with Crippen LogP contribution in [0.3, 0.4) is 0 Å². The van der Waals surface area contributed by atoms with E-state index in [1.165, 1.54) is 4.31 Å². The minimum atomic E-state index is -3.57. The molecule has 0 aromatic carbocycles. The number of ether oxygens (including phenoxy) is 1. The highest BCUT2D eigenvalue weighted by molar-refractivity contribution is 7.89. The molecule has 12 heteroatoms. The number of morpholine rings is 1. The molecular formula is C19H25N7O4S. The van der Waals surface area contributed by atoms with Gasteiger partial charge in [-0.1, -0.05) is 0 Å². The van der Waals surface area contributed by atoms with Crippen molar-refractivity contribution < 1.29 is 18.3 Å². The van der Waals surface area contributed by atoms with Gasteiger partial charge in [0.05, 0.1) is 43.5 Å². The lowest BCUT2D eigenvalue weighted by molar-refractivity contribution is 0.0985. The molecule has 0 saturated carbocycles. The normalized spacial score (nSPS) is 20.3. The number of nitrogens with one attached hydrogen (secondary N) is 1. The summed E-state index contributed by atoms with van der Waals surface area (Å²) in [5, 5.41) is 21.8. The molecule has 0 unspecified atom stereocenters. The van der Waals surface area contributed by atoms with Crippen molar-refractivity contribution in [1.29, 1.82) is 0 Å². The zero-order valence-electron chi connectivity index (χ0n) is 17.2. The van der Waals surface area contributed by atoms with E-state index in [9.17, 15) is 13.5 Å². The maximum atomic E-state index is 12.7. The Morgan fingerprint density at radius 1 is 1.35 bits per heavy atom. The number of aromatic amines is 1. The molecule has 2 aliphatic heterocycles. The Bertz CT molecular complexity index is 1190. The molecule has 2 N–H and O–H groups in total. The molecule has 0 aliphatic carbocycles. The smallest absolute Gasteiger partial charge is 0.216 e. The Morgan fingerprint density at radius 3 is 2.97 bits per heavy atom. The fraction of sp³-hybridized carbons (Fsp3) is 0.526. The van der Waals surface area contributed by atoms with Crippen molar-refractivity contribution in [2.24, 2.45) is 0 Å². The lowest BCUT2D eigenvalue weighted by atomic mass is 10.1. The molecule has 1 atom stereocenters. The zero-order chi connectivity index (χ0) is 21.6. The number of aliphatic hydroxyl groups excluding tert-OH is 1. The van der Waals surface area contributed by atoms with Crippen LogP contribution >= 0.6 is 0 Å². The second-order valence-electron chi connectivity index (χ2n) is 7.88. The Morgan fingerprint density at radius 2 is 2.23 bits per heavy atom. The molecule has 1 fully saturated rings.